The van der Waals surface area contributed by atoms with Crippen molar-refractivity contribution in [3.8, 4) is 0 Å². The first-order valence-corrected chi connectivity index (χ1v) is 10.8. The molecule has 1 N–H and O–H groups in total. The highest BCUT2D eigenvalue weighted by atomic mass is 16.2. The molecule has 6 nitrogen and oxygen atoms in total. The number of H-pyrrole nitrogens is 1. The Morgan fingerprint density at radius 2 is 1.90 bits per heavy atom. The number of rotatable bonds is 6. The minimum Gasteiger partial charge on any atom is -0.342 e. The summed E-state index contributed by atoms with van der Waals surface area (Å²) >= 11 is 0. The number of amides is 1. The number of hydrogen-bond acceptors (Lipinski definition) is 4. The molecular weight excluding hydrogens is 364 g/mol. The largest absolute Gasteiger partial charge is 0.342 e. The maximum absolute atomic E-state index is 13.0. The highest BCUT2D eigenvalue weighted by Gasteiger charge is 2.29. The molecule has 29 heavy (non-hydrogen) atoms. The second kappa shape index (κ2) is 8.80. The molecule has 0 saturated carbocycles. The number of hydrogen-bond donors (Lipinski definition) is 1. The SMILES string of the molecule is Cc1nc(N2CCCC2)[nH]c(=O)c1CC(=O)N1CCC[C@H]1CCc1ccccc1. The number of aryl methyl sites for hydroxylation is 2. The predicted molar refractivity (Wildman–Crippen MR) is 114 cm³/mol. The summed E-state index contributed by atoms with van der Waals surface area (Å²) in [6, 6.07) is 10.7. The van der Waals surface area contributed by atoms with Gasteiger partial charge in [-0.1, -0.05) is 30.3 Å². The van der Waals surface area contributed by atoms with Crippen LogP contribution in [0.25, 0.3) is 0 Å². The van der Waals surface area contributed by atoms with E-state index in [0.717, 1.165) is 58.2 Å². The van der Waals surface area contributed by atoms with Crippen molar-refractivity contribution in [2.75, 3.05) is 24.5 Å². The Morgan fingerprint density at radius 1 is 1.14 bits per heavy atom. The number of anilines is 1. The first-order chi connectivity index (χ1) is 14.1. The van der Waals surface area contributed by atoms with Crippen LogP contribution in [0.3, 0.4) is 0 Å². The van der Waals surface area contributed by atoms with E-state index < -0.39 is 0 Å². The summed E-state index contributed by atoms with van der Waals surface area (Å²) in [6.07, 6.45) is 6.41. The number of aromatic amines is 1. The van der Waals surface area contributed by atoms with E-state index >= 15 is 0 Å². The van der Waals surface area contributed by atoms with E-state index in [4.69, 9.17) is 0 Å². The van der Waals surface area contributed by atoms with Crippen LogP contribution in [0.4, 0.5) is 5.95 Å². The molecule has 1 aromatic heterocycles. The third-order valence-corrected chi connectivity index (χ3v) is 6.25. The number of carbonyl (C=O) groups excluding carboxylic acids is 1. The van der Waals surface area contributed by atoms with E-state index in [1.54, 1.807) is 0 Å². The molecule has 1 atom stereocenters. The van der Waals surface area contributed by atoms with E-state index in [1.807, 2.05) is 17.9 Å². The van der Waals surface area contributed by atoms with Crippen LogP contribution < -0.4 is 10.5 Å². The summed E-state index contributed by atoms with van der Waals surface area (Å²) < 4.78 is 0. The second-order valence-corrected chi connectivity index (χ2v) is 8.23. The van der Waals surface area contributed by atoms with Crippen molar-refractivity contribution < 1.29 is 4.79 Å². The fraction of sp³-hybridized carbons (Fsp3) is 0.522. The molecular formula is C23H30N4O2. The van der Waals surface area contributed by atoms with Crippen LogP contribution in [0.1, 0.15) is 48.9 Å². The molecule has 0 aliphatic carbocycles. The second-order valence-electron chi connectivity index (χ2n) is 8.23. The third kappa shape index (κ3) is 4.52. The lowest BCUT2D eigenvalue weighted by Crippen LogP contribution is -2.38. The van der Waals surface area contributed by atoms with Crippen molar-refractivity contribution in [3.05, 3.63) is 57.5 Å². The Morgan fingerprint density at radius 3 is 2.62 bits per heavy atom. The van der Waals surface area contributed by atoms with Crippen LogP contribution in [-0.2, 0) is 17.6 Å². The van der Waals surface area contributed by atoms with Gasteiger partial charge in [0.15, 0.2) is 0 Å². The van der Waals surface area contributed by atoms with Crippen molar-refractivity contribution in [1.82, 2.24) is 14.9 Å². The van der Waals surface area contributed by atoms with Gasteiger partial charge in [0.1, 0.15) is 0 Å². The lowest BCUT2D eigenvalue weighted by atomic mass is 10.0. The molecule has 2 aliphatic heterocycles. The van der Waals surface area contributed by atoms with Crippen molar-refractivity contribution in [1.29, 1.82) is 0 Å². The molecule has 3 heterocycles. The molecule has 2 aliphatic rings. The van der Waals surface area contributed by atoms with Crippen LogP contribution in [0.5, 0.6) is 0 Å². The predicted octanol–water partition coefficient (Wildman–Crippen LogP) is 2.84. The molecule has 0 radical (unpaired) electrons. The fourth-order valence-corrected chi connectivity index (χ4v) is 4.58. The molecule has 0 unspecified atom stereocenters. The van der Waals surface area contributed by atoms with E-state index in [-0.39, 0.29) is 23.9 Å². The zero-order valence-corrected chi connectivity index (χ0v) is 17.2. The summed E-state index contributed by atoms with van der Waals surface area (Å²) in [4.78, 5) is 37.3. The summed E-state index contributed by atoms with van der Waals surface area (Å²) in [5, 5.41) is 0. The minimum absolute atomic E-state index is 0.0462. The van der Waals surface area contributed by atoms with Crippen molar-refractivity contribution in [3.63, 3.8) is 0 Å². The summed E-state index contributed by atoms with van der Waals surface area (Å²) in [7, 11) is 0. The van der Waals surface area contributed by atoms with Crippen molar-refractivity contribution in [2.24, 2.45) is 0 Å². The normalized spacial score (nSPS) is 19.1. The average molecular weight is 395 g/mol. The maximum Gasteiger partial charge on any atom is 0.256 e. The van der Waals surface area contributed by atoms with Crippen LogP contribution >= 0.6 is 0 Å². The zero-order valence-electron chi connectivity index (χ0n) is 17.2. The van der Waals surface area contributed by atoms with Gasteiger partial charge in [-0.05, 0) is 51.0 Å². The van der Waals surface area contributed by atoms with Crippen LogP contribution in [0, 0.1) is 6.92 Å². The van der Waals surface area contributed by atoms with Crippen LogP contribution in [0.2, 0.25) is 0 Å². The van der Waals surface area contributed by atoms with Gasteiger partial charge < -0.3 is 9.80 Å². The Labute approximate surface area is 172 Å². The number of carbonyl (C=O) groups is 1. The number of nitrogens with one attached hydrogen (secondary N) is 1. The molecule has 2 fully saturated rings. The minimum atomic E-state index is -0.173. The van der Waals surface area contributed by atoms with Gasteiger partial charge in [0, 0.05) is 31.2 Å². The monoisotopic (exact) mass is 394 g/mol. The first-order valence-electron chi connectivity index (χ1n) is 10.8. The third-order valence-electron chi connectivity index (χ3n) is 6.25. The molecule has 1 amide bonds. The van der Waals surface area contributed by atoms with Gasteiger partial charge in [0.25, 0.3) is 5.56 Å². The van der Waals surface area contributed by atoms with Crippen LogP contribution in [0.15, 0.2) is 35.1 Å². The summed E-state index contributed by atoms with van der Waals surface area (Å²) in [5.41, 5.74) is 2.31. The van der Waals surface area contributed by atoms with Gasteiger partial charge in [-0.3, -0.25) is 14.6 Å². The number of likely N-dealkylation sites (tertiary alicyclic amines) is 1. The molecule has 154 valence electrons. The summed E-state index contributed by atoms with van der Waals surface area (Å²) in [6.45, 7) is 4.48. The fourth-order valence-electron chi connectivity index (χ4n) is 4.58. The van der Waals surface area contributed by atoms with E-state index in [2.05, 4.69) is 39.1 Å². The van der Waals surface area contributed by atoms with Gasteiger partial charge >= 0.3 is 0 Å². The van der Waals surface area contributed by atoms with E-state index in [9.17, 15) is 9.59 Å². The molecule has 2 saturated heterocycles. The van der Waals surface area contributed by atoms with Gasteiger partial charge in [-0.25, -0.2) is 4.98 Å². The quantitative estimate of drug-likeness (QED) is 0.818. The molecule has 1 aromatic carbocycles. The highest BCUT2D eigenvalue weighted by Crippen LogP contribution is 2.23. The van der Waals surface area contributed by atoms with E-state index in [1.165, 1.54) is 5.56 Å². The Balaban J connectivity index is 1.42. The number of benzene rings is 1. The zero-order chi connectivity index (χ0) is 20.2. The Kier molecular flexibility index (Phi) is 5.97. The number of aromatic nitrogens is 2. The van der Waals surface area contributed by atoms with Crippen molar-refractivity contribution in [2.45, 2.75) is 57.9 Å². The summed E-state index contributed by atoms with van der Waals surface area (Å²) in [5.74, 6) is 0.688. The highest BCUT2D eigenvalue weighted by molar-refractivity contribution is 5.79. The lowest BCUT2D eigenvalue weighted by Gasteiger charge is -2.25. The average Bonchev–Trinajstić information content (AvgIpc) is 3.41. The number of nitrogens with zero attached hydrogens (tertiary/aromatic N) is 3. The van der Waals surface area contributed by atoms with Gasteiger partial charge in [-0.15, -0.1) is 0 Å². The van der Waals surface area contributed by atoms with Gasteiger partial charge in [0.05, 0.1) is 12.1 Å². The molecule has 2 aromatic rings. The van der Waals surface area contributed by atoms with Gasteiger partial charge in [-0.2, -0.15) is 0 Å². The Hall–Kier alpha value is -2.63. The van der Waals surface area contributed by atoms with Crippen molar-refractivity contribution >= 4 is 11.9 Å². The molecule has 0 spiro atoms. The van der Waals surface area contributed by atoms with Gasteiger partial charge in [0.2, 0.25) is 11.9 Å². The molecule has 4 rings (SSSR count). The smallest absolute Gasteiger partial charge is 0.256 e. The molecule has 6 heteroatoms. The first kappa shape index (κ1) is 19.7. The maximum atomic E-state index is 13.0. The topological polar surface area (TPSA) is 69.3 Å². The standard InChI is InChI=1S/C23H30N4O2/c1-17-20(22(29)25-23(24-17)26-13-5-6-14-26)16-21(28)27-15-7-10-19(27)12-11-18-8-3-2-4-9-18/h2-4,8-9,19H,5-7,10-16H2,1H3,(H,24,25,29)/t19-/m0/s1. The molecule has 0 bridgehead atoms. The van der Waals surface area contributed by atoms with Crippen LogP contribution in [-0.4, -0.2) is 46.5 Å². The Bertz CT molecular complexity index is 903. The lowest BCUT2D eigenvalue weighted by molar-refractivity contribution is -0.131. The van der Waals surface area contributed by atoms with E-state index in [0.29, 0.717) is 17.2 Å².